The molecule has 1 heterocycles. The number of benzene rings is 2. The molecular formula is C20H20N4O5. The van der Waals surface area contributed by atoms with Gasteiger partial charge in [0, 0.05) is 23.2 Å². The number of rotatable bonds is 5. The number of nitrogens with zero attached hydrogens (tertiary/aromatic N) is 1. The lowest BCUT2D eigenvalue weighted by Gasteiger charge is -2.19. The highest BCUT2D eigenvalue weighted by Gasteiger charge is 2.15. The van der Waals surface area contributed by atoms with Gasteiger partial charge >= 0.3 is 11.8 Å². The van der Waals surface area contributed by atoms with E-state index in [0.29, 0.717) is 41.8 Å². The predicted octanol–water partition coefficient (Wildman–Crippen LogP) is 1.92. The number of carbonyl (C=O) groups excluding carboxylic acids is 3. The highest BCUT2D eigenvalue weighted by Crippen LogP contribution is 2.32. The van der Waals surface area contributed by atoms with Crippen molar-refractivity contribution in [3.63, 3.8) is 0 Å². The quantitative estimate of drug-likeness (QED) is 0.405. The standard InChI is InChI=1S/C20H20N4O5/c1-13(23-24-20(27)19(26)22-14-5-3-2-4-6-14)11-18(25)21-15-7-8-16-17(12-15)29-10-9-28-16/h2-8,12H,9-11H2,1H3,(H,21,25)(H,22,26)(H,24,27)/b23-13+. The second-order valence-electron chi connectivity index (χ2n) is 6.19. The Bertz CT molecular complexity index is 943. The van der Waals surface area contributed by atoms with Crippen LogP contribution >= 0.6 is 0 Å². The van der Waals surface area contributed by atoms with Crippen LogP contribution in [0.1, 0.15) is 13.3 Å². The maximum atomic E-state index is 12.2. The molecule has 0 fully saturated rings. The molecular weight excluding hydrogens is 376 g/mol. The van der Waals surface area contributed by atoms with Crippen molar-refractivity contribution >= 4 is 34.8 Å². The summed E-state index contributed by atoms with van der Waals surface area (Å²) in [6.07, 6.45) is -0.0605. The number of hydrazone groups is 1. The molecule has 1 aliphatic rings. The van der Waals surface area contributed by atoms with Gasteiger partial charge in [-0.3, -0.25) is 14.4 Å². The molecule has 9 heteroatoms. The summed E-state index contributed by atoms with van der Waals surface area (Å²) < 4.78 is 10.9. The van der Waals surface area contributed by atoms with Gasteiger partial charge in [0.1, 0.15) is 13.2 Å². The number of para-hydroxylation sites is 1. The molecule has 0 aliphatic carbocycles. The SMILES string of the molecule is C/C(CC(=O)Nc1ccc2c(c1)OCCO2)=N\NC(=O)C(=O)Nc1ccccc1. The third-order valence-electron chi connectivity index (χ3n) is 3.83. The topological polar surface area (TPSA) is 118 Å². The molecule has 2 aromatic carbocycles. The van der Waals surface area contributed by atoms with Crippen LogP contribution in [0.3, 0.4) is 0 Å². The van der Waals surface area contributed by atoms with Crippen molar-refractivity contribution in [3.05, 3.63) is 48.5 Å². The number of fused-ring (bicyclic) bond motifs is 1. The van der Waals surface area contributed by atoms with E-state index in [4.69, 9.17) is 9.47 Å². The van der Waals surface area contributed by atoms with E-state index in [0.717, 1.165) is 0 Å². The minimum Gasteiger partial charge on any atom is -0.486 e. The van der Waals surface area contributed by atoms with E-state index in [1.807, 2.05) is 0 Å². The van der Waals surface area contributed by atoms with Gasteiger partial charge in [0.15, 0.2) is 11.5 Å². The fourth-order valence-electron chi connectivity index (χ4n) is 2.50. The zero-order chi connectivity index (χ0) is 20.6. The Hall–Kier alpha value is -3.88. The van der Waals surface area contributed by atoms with Crippen molar-refractivity contribution < 1.29 is 23.9 Å². The number of carbonyl (C=O) groups is 3. The molecule has 3 amide bonds. The molecule has 1 aliphatic heterocycles. The number of anilines is 2. The summed E-state index contributed by atoms with van der Waals surface area (Å²) in [4.78, 5) is 35.8. The van der Waals surface area contributed by atoms with Crippen LogP contribution in [-0.2, 0) is 14.4 Å². The van der Waals surface area contributed by atoms with E-state index in [-0.39, 0.29) is 12.3 Å². The van der Waals surface area contributed by atoms with Gasteiger partial charge in [0.2, 0.25) is 5.91 Å². The summed E-state index contributed by atoms with van der Waals surface area (Å²) >= 11 is 0. The fourth-order valence-corrected chi connectivity index (χ4v) is 2.50. The second kappa shape index (κ2) is 9.36. The Kier molecular flexibility index (Phi) is 6.41. The summed E-state index contributed by atoms with van der Waals surface area (Å²) in [5, 5.41) is 8.95. The number of amides is 3. The molecule has 29 heavy (non-hydrogen) atoms. The van der Waals surface area contributed by atoms with E-state index in [9.17, 15) is 14.4 Å². The summed E-state index contributed by atoms with van der Waals surface area (Å²) in [5.74, 6) is -0.917. The van der Waals surface area contributed by atoms with E-state index in [2.05, 4.69) is 21.2 Å². The summed E-state index contributed by atoms with van der Waals surface area (Å²) in [5.41, 5.74) is 3.51. The Balaban J connectivity index is 1.48. The van der Waals surface area contributed by atoms with Gasteiger partial charge in [-0.05, 0) is 31.2 Å². The molecule has 3 N–H and O–H groups in total. The number of hydrogen-bond donors (Lipinski definition) is 3. The van der Waals surface area contributed by atoms with Crippen molar-refractivity contribution in [1.82, 2.24) is 5.43 Å². The first-order chi connectivity index (χ1) is 14.0. The predicted molar refractivity (Wildman–Crippen MR) is 107 cm³/mol. The Morgan fingerprint density at radius 2 is 1.62 bits per heavy atom. The lowest BCUT2D eigenvalue weighted by Crippen LogP contribution is -2.33. The molecule has 0 saturated heterocycles. The monoisotopic (exact) mass is 396 g/mol. The van der Waals surface area contributed by atoms with E-state index in [1.54, 1.807) is 55.5 Å². The van der Waals surface area contributed by atoms with Crippen LogP contribution < -0.4 is 25.5 Å². The highest BCUT2D eigenvalue weighted by atomic mass is 16.6. The smallest absolute Gasteiger partial charge is 0.329 e. The van der Waals surface area contributed by atoms with Crippen LogP contribution in [0.15, 0.2) is 53.6 Å². The highest BCUT2D eigenvalue weighted by molar-refractivity contribution is 6.39. The zero-order valence-corrected chi connectivity index (χ0v) is 15.7. The van der Waals surface area contributed by atoms with E-state index < -0.39 is 11.8 Å². The van der Waals surface area contributed by atoms with Crippen molar-refractivity contribution in [1.29, 1.82) is 0 Å². The third kappa shape index (κ3) is 5.80. The first kappa shape index (κ1) is 19.9. The van der Waals surface area contributed by atoms with Gasteiger partial charge in [0.25, 0.3) is 0 Å². The summed E-state index contributed by atoms with van der Waals surface area (Å²) in [6.45, 7) is 2.51. The van der Waals surface area contributed by atoms with Crippen molar-refractivity contribution in [2.45, 2.75) is 13.3 Å². The van der Waals surface area contributed by atoms with Crippen LogP contribution in [0.2, 0.25) is 0 Å². The molecule has 0 spiro atoms. The van der Waals surface area contributed by atoms with Gasteiger partial charge in [0.05, 0.1) is 6.42 Å². The fraction of sp³-hybridized carbons (Fsp3) is 0.200. The van der Waals surface area contributed by atoms with Crippen molar-refractivity contribution in [2.75, 3.05) is 23.8 Å². The lowest BCUT2D eigenvalue weighted by atomic mass is 10.2. The Morgan fingerprint density at radius 1 is 0.897 bits per heavy atom. The summed E-state index contributed by atoms with van der Waals surface area (Å²) in [6, 6.07) is 13.7. The van der Waals surface area contributed by atoms with Gasteiger partial charge in [-0.2, -0.15) is 5.10 Å². The molecule has 0 saturated carbocycles. The molecule has 150 valence electrons. The van der Waals surface area contributed by atoms with Crippen LogP contribution in [0, 0.1) is 0 Å². The second-order valence-corrected chi connectivity index (χ2v) is 6.19. The Morgan fingerprint density at radius 3 is 2.38 bits per heavy atom. The van der Waals surface area contributed by atoms with Crippen LogP contribution in [0.5, 0.6) is 11.5 Å². The van der Waals surface area contributed by atoms with Gasteiger partial charge in [-0.1, -0.05) is 18.2 Å². The molecule has 9 nitrogen and oxygen atoms in total. The molecule has 2 aromatic rings. The van der Waals surface area contributed by atoms with E-state index >= 15 is 0 Å². The molecule has 0 atom stereocenters. The molecule has 0 unspecified atom stereocenters. The van der Waals surface area contributed by atoms with Crippen LogP contribution in [0.25, 0.3) is 0 Å². The average molecular weight is 396 g/mol. The van der Waals surface area contributed by atoms with Gasteiger partial charge in [-0.15, -0.1) is 0 Å². The van der Waals surface area contributed by atoms with Crippen LogP contribution in [-0.4, -0.2) is 36.6 Å². The largest absolute Gasteiger partial charge is 0.486 e. The van der Waals surface area contributed by atoms with E-state index in [1.165, 1.54) is 0 Å². The van der Waals surface area contributed by atoms with Crippen molar-refractivity contribution in [2.24, 2.45) is 5.10 Å². The maximum absolute atomic E-state index is 12.2. The maximum Gasteiger partial charge on any atom is 0.329 e. The number of ether oxygens (including phenoxy) is 2. The molecule has 0 bridgehead atoms. The zero-order valence-electron chi connectivity index (χ0n) is 15.7. The average Bonchev–Trinajstić information content (AvgIpc) is 2.72. The first-order valence-corrected chi connectivity index (χ1v) is 8.90. The lowest BCUT2D eigenvalue weighted by molar-refractivity contribution is -0.136. The van der Waals surface area contributed by atoms with Gasteiger partial charge in [-0.25, -0.2) is 5.43 Å². The van der Waals surface area contributed by atoms with Crippen LogP contribution in [0.4, 0.5) is 11.4 Å². The summed E-state index contributed by atoms with van der Waals surface area (Å²) in [7, 11) is 0. The van der Waals surface area contributed by atoms with Crippen molar-refractivity contribution in [3.8, 4) is 11.5 Å². The number of nitrogens with one attached hydrogen (secondary N) is 3. The molecule has 3 rings (SSSR count). The van der Waals surface area contributed by atoms with Gasteiger partial charge < -0.3 is 20.1 Å². The molecule has 0 aromatic heterocycles. The number of hydrogen-bond acceptors (Lipinski definition) is 6. The normalized spacial score (nSPS) is 12.7. The Labute approximate surface area is 167 Å². The first-order valence-electron chi connectivity index (χ1n) is 8.90. The molecule has 0 radical (unpaired) electrons. The minimum atomic E-state index is -0.930. The minimum absolute atomic E-state index is 0.0605. The third-order valence-corrected chi connectivity index (χ3v) is 3.83.